The van der Waals surface area contributed by atoms with Gasteiger partial charge in [-0.15, -0.1) is 0 Å². The predicted molar refractivity (Wildman–Crippen MR) is 113 cm³/mol. The molecule has 1 aliphatic rings. The van der Waals surface area contributed by atoms with Crippen LogP contribution in [-0.4, -0.2) is 56.1 Å². The van der Waals surface area contributed by atoms with E-state index in [2.05, 4.69) is 10.4 Å². The lowest BCUT2D eigenvalue weighted by Crippen LogP contribution is -2.32. The first kappa shape index (κ1) is 19.8. The van der Waals surface area contributed by atoms with Gasteiger partial charge in [-0.2, -0.15) is 5.10 Å². The second-order valence-electron chi connectivity index (χ2n) is 7.30. The molecule has 3 aromatic rings. The largest absolute Gasteiger partial charge is 0.465 e. The minimum atomic E-state index is -1.04. The Labute approximate surface area is 177 Å². The maximum Gasteiger partial charge on any atom is 0.407 e. The summed E-state index contributed by atoms with van der Waals surface area (Å²) in [5, 5.41) is 28.5. The molecule has 1 aliphatic heterocycles. The van der Waals surface area contributed by atoms with E-state index in [9.17, 15) is 15.0 Å². The highest BCUT2D eigenvalue weighted by Crippen LogP contribution is 2.36. The summed E-state index contributed by atoms with van der Waals surface area (Å²) in [6.45, 7) is 4.14. The number of β-amino-alcohol motifs (C(OH)–C–C–N with tert-alkyl or cyclic N) is 1. The summed E-state index contributed by atoms with van der Waals surface area (Å²) >= 11 is 12.5. The van der Waals surface area contributed by atoms with E-state index in [-0.39, 0.29) is 13.1 Å². The molecule has 0 bridgehead atoms. The molecule has 3 N–H and O–H groups in total. The van der Waals surface area contributed by atoms with E-state index in [0.29, 0.717) is 10.0 Å². The van der Waals surface area contributed by atoms with Crippen molar-refractivity contribution in [3.8, 4) is 11.3 Å². The second kappa shape index (κ2) is 7.40. The van der Waals surface area contributed by atoms with Gasteiger partial charge in [-0.05, 0) is 49.7 Å². The fourth-order valence-electron chi connectivity index (χ4n) is 3.80. The van der Waals surface area contributed by atoms with Gasteiger partial charge in [-0.25, -0.2) is 9.31 Å². The molecule has 29 heavy (non-hydrogen) atoms. The Balaban J connectivity index is 1.78. The quantitative estimate of drug-likeness (QED) is 0.578. The van der Waals surface area contributed by atoms with Gasteiger partial charge < -0.3 is 20.4 Å². The molecule has 4 rings (SSSR count). The van der Waals surface area contributed by atoms with Crippen molar-refractivity contribution in [1.82, 2.24) is 14.5 Å². The van der Waals surface area contributed by atoms with Crippen LogP contribution in [0.5, 0.6) is 0 Å². The number of aliphatic hydroxyl groups is 1. The Morgan fingerprint density at radius 2 is 1.97 bits per heavy atom. The number of hydrogen-bond donors (Lipinski definition) is 3. The van der Waals surface area contributed by atoms with Gasteiger partial charge in [0.25, 0.3) is 0 Å². The van der Waals surface area contributed by atoms with Gasteiger partial charge in [0.05, 0.1) is 46.3 Å². The number of benzene rings is 1. The normalized spacial score (nSPS) is 19.1. The van der Waals surface area contributed by atoms with Gasteiger partial charge in [0.2, 0.25) is 0 Å². The summed E-state index contributed by atoms with van der Waals surface area (Å²) in [6, 6.07) is 8.81. The van der Waals surface area contributed by atoms with E-state index in [4.69, 9.17) is 23.2 Å². The van der Waals surface area contributed by atoms with Gasteiger partial charge in [-0.3, -0.25) is 0 Å². The number of likely N-dealkylation sites (tertiary alicyclic amines) is 1. The highest BCUT2D eigenvalue weighted by Gasteiger charge is 2.34. The summed E-state index contributed by atoms with van der Waals surface area (Å²) < 4.78 is 1.82. The summed E-state index contributed by atoms with van der Waals surface area (Å²) in [4.78, 5) is 12.4. The van der Waals surface area contributed by atoms with Crippen LogP contribution in [-0.2, 0) is 0 Å². The topological polar surface area (TPSA) is 90.1 Å². The molecule has 2 atom stereocenters. The second-order valence-corrected chi connectivity index (χ2v) is 8.15. The van der Waals surface area contributed by atoms with Crippen molar-refractivity contribution in [2.75, 3.05) is 18.4 Å². The minimum absolute atomic E-state index is 0.0824. The van der Waals surface area contributed by atoms with Crippen molar-refractivity contribution in [2.24, 2.45) is 0 Å². The first-order valence-electron chi connectivity index (χ1n) is 9.12. The highest BCUT2D eigenvalue weighted by atomic mass is 35.5. The number of aromatic nitrogens is 2. The lowest BCUT2D eigenvalue weighted by atomic mass is 10.1. The zero-order chi connectivity index (χ0) is 20.9. The Kier molecular flexibility index (Phi) is 5.06. The predicted octanol–water partition coefficient (Wildman–Crippen LogP) is 4.06. The monoisotopic (exact) mass is 434 g/mol. The molecule has 2 aromatic heterocycles. The van der Waals surface area contributed by atoms with E-state index in [0.717, 1.165) is 33.7 Å². The Morgan fingerprint density at radius 3 is 2.62 bits per heavy atom. The smallest absolute Gasteiger partial charge is 0.407 e. The third-order valence-corrected chi connectivity index (χ3v) is 5.69. The Bertz CT molecular complexity index is 1110. The van der Waals surface area contributed by atoms with Crippen molar-refractivity contribution >= 4 is 40.5 Å². The fourth-order valence-corrected chi connectivity index (χ4v) is 4.29. The van der Waals surface area contributed by atoms with E-state index >= 15 is 0 Å². The van der Waals surface area contributed by atoms with Crippen LogP contribution in [0.4, 0.5) is 10.5 Å². The Morgan fingerprint density at radius 1 is 1.21 bits per heavy atom. The maximum absolute atomic E-state index is 11.2. The Hall–Kier alpha value is -2.48. The molecule has 9 heteroatoms. The molecule has 0 saturated carbocycles. The molecular formula is C20H20Cl2N4O3. The summed E-state index contributed by atoms with van der Waals surface area (Å²) in [5.74, 6) is 0. The molecule has 1 amide bonds. The van der Waals surface area contributed by atoms with Crippen molar-refractivity contribution in [3.05, 3.63) is 51.6 Å². The fraction of sp³-hybridized carbons (Fsp3) is 0.300. The van der Waals surface area contributed by atoms with Gasteiger partial charge in [0.1, 0.15) is 0 Å². The first-order valence-corrected chi connectivity index (χ1v) is 9.88. The van der Waals surface area contributed by atoms with Gasteiger partial charge >= 0.3 is 6.09 Å². The average molecular weight is 435 g/mol. The maximum atomic E-state index is 11.2. The number of nitrogens with zero attached hydrogens (tertiary/aromatic N) is 3. The molecule has 0 radical (unpaired) electrons. The molecule has 7 nitrogen and oxygen atoms in total. The first-order chi connectivity index (χ1) is 13.7. The minimum Gasteiger partial charge on any atom is -0.465 e. The van der Waals surface area contributed by atoms with Crippen molar-refractivity contribution in [3.63, 3.8) is 0 Å². The molecule has 152 valence electrons. The summed E-state index contributed by atoms with van der Waals surface area (Å²) in [7, 11) is 0. The van der Waals surface area contributed by atoms with Crippen molar-refractivity contribution < 1.29 is 15.0 Å². The lowest BCUT2D eigenvalue weighted by molar-refractivity contribution is 0.139. The van der Waals surface area contributed by atoms with E-state index in [1.807, 2.05) is 36.6 Å². The number of halogens is 2. The van der Waals surface area contributed by atoms with Crippen LogP contribution in [0.25, 0.3) is 16.8 Å². The molecule has 0 spiro atoms. The van der Waals surface area contributed by atoms with Crippen LogP contribution >= 0.6 is 23.2 Å². The zero-order valence-electron chi connectivity index (χ0n) is 15.9. The van der Waals surface area contributed by atoms with Crippen molar-refractivity contribution in [2.45, 2.75) is 26.0 Å². The average Bonchev–Trinajstić information content (AvgIpc) is 3.16. The van der Waals surface area contributed by atoms with Crippen LogP contribution in [0.15, 0.2) is 30.3 Å². The number of carboxylic acid groups (broad SMARTS) is 1. The number of rotatable bonds is 3. The van der Waals surface area contributed by atoms with Gasteiger partial charge in [0.15, 0.2) is 0 Å². The van der Waals surface area contributed by atoms with Crippen LogP contribution in [0.2, 0.25) is 10.0 Å². The van der Waals surface area contributed by atoms with Gasteiger partial charge in [-0.1, -0.05) is 23.2 Å². The van der Waals surface area contributed by atoms with Gasteiger partial charge in [0, 0.05) is 17.1 Å². The number of aryl methyl sites for hydroxylation is 2. The van der Waals surface area contributed by atoms with Crippen LogP contribution in [0.3, 0.4) is 0 Å². The molecular weight excluding hydrogens is 415 g/mol. The van der Waals surface area contributed by atoms with Crippen molar-refractivity contribution in [1.29, 1.82) is 0 Å². The van der Waals surface area contributed by atoms with E-state index < -0.39 is 18.2 Å². The highest BCUT2D eigenvalue weighted by molar-refractivity contribution is 6.36. The number of nitrogens with one attached hydrogen (secondary N) is 1. The molecule has 3 heterocycles. The number of amides is 1. The molecule has 0 aliphatic carbocycles. The summed E-state index contributed by atoms with van der Waals surface area (Å²) in [6.07, 6.45) is -1.83. The number of aliphatic hydroxyl groups excluding tert-OH is 1. The van der Waals surface area contributed by atoms with Crippen LogP contribution in [0, 0.1) is 13.8 Å². The van der Waals surface area contributed by atoms with Crippen LogP contribution in [0.1, 0.15) is 11.3 Å². The number of carbonyl (C=O) groups is 1. The molecule has 0 unspecified atom stereocenters. The zero-order valence-corrected chi connectivity index (χ0v) is 17.4. The lowest BCUT2D eigenvalue weighted by Gasteiger charge is -2.18. The molecule has 1 saturated heterocycles. The third-order valence-electron chi connectivity index (χ3n) is 5.14. The molecule has 1 fully saturated rings. The van der Waals surface area contributed by atoms with Crippen LogP contribution < -0.4 is 5.32 Å². The summed E-state index contributed by atoms with van der Waals surface area (Å²) in [5.41, 5.74) is 5.01. The number of hydrogen-bond acceptors (Lipinski definition) is 4. The standard InChI is InChI=1S/C20H20Cl2N4O3/c1-10-5-17-15(23-16-8-25(20(28)29)9-18(16)27)6-11(2)24-26(17)19(10)13-4-3-12(21)7-14(13)22/h3-7,16,18,23,27H,8-9H2,1-2H3,(H,28,29)/t16-,18+/m1/s1. The SMILES string of the molecule is Cc1cc(N[C@@H]2CN(C(=O)O)C[C@@H]2O)c2cc(C)c(-c3ccc(Cl)cc3Cl)n2n1. The van der Waals surface area contributed by atoms with E-state index in [1.165, 1.54) is 4.90 Å². The number of fused-ring (bicyclic) bond motifs is 1. The molecule has 1 aromatic carbocycles. The van der Waals surface area contributed by atoms with E-state index in [1.54, 1.807) is 12.1 Å². The number of anilines is 1. The third kappa shape index (κ3) is 3.61.